The molecule has 1 fully saturated rings. The minimum absolute atomic E-state index is 0.0524. The molecule has 29 heavy (non-hydrogen) atoms. The second kappa shape index (κ2) is 8.03. The van der Waals surface area contributed by atoms with E-state index < -0.39 is 18.0 Å². The standard InChI is InChI=1S/C22H22FN3O3/c23-18-7-3-4-15(12-18)8-11-26-21(28)19(24-22(26)29)13-20(27)25-10-9-16-5-1-2-6-17(16)14-25/h1-7,12,19H,8-11,13-14H2,(H,24,29)/t19-/m1/s1. The molecule has 4 rings (SSSR count). The molecule has 7 heteroatoms. The fourth-order valence-corrected chi connectivity index (χ4v) is 3.87. The second-order valence-electron chi connectivity index (χ2n) is 7.41. The van der Waals surface area contributed by atoms with E-state index in [0.717, 1.165) is 16.9 Å². The summed E-state index contributed by atoms with van der Waals surface area (Å²) in [4.78, 5) is 40.4. The summed E-state index contributed by atoms with van der Waals surface area (Å²) in [5.41, 5.74) is 3.06. The number of nitrogens with one attached hydrogen (secondary N) is 1. The molecule has 1 N–H and O–H groups in total. The molecule has 2 aliphatic heterocycles. The number of fused-ring (bicyclic) bond motifs is 1. The topological polar surface area (TPSA) is 69.7 Å². The Morgan fingerprint density at radius 1 is 1.10 bits per heavy atom. The Morgan fingerprint density at radius 3 is 2.69 bits per heavy atom. The largest absolute Gasteiger partial charge is 0.338 e. The fraction of sp³-hybridized carbons (Fsp3) is 0.318. The summed E-state index contributed by atoms with van der Waals surface area (Å²) in [6, 6.07) is 12.7. The SMILES string of the molecule is O=C(C[C@H]1NC(=O)N(CCc2cccc(F)c2)C1=O)N1CCc2ccccc2C1. The van der Waals surface area contributed by atoms with Crippen molar-refractivity contribution in [2.45, 2.75) is 31.8 Å². The lowest BCUT2D eigenvalue weighted by molar-refractivity contribution is -0.136. The van der Waals surface area contributed by atoms with Crippen molar-refractivity contribution in [3.63, 3.8) is 0 Å². The molecule has 2 aliphatic rings. The van der Waals surface area contributed by atoms with Gasteiger partial charge in [0.1, 0.15) is 11.9 Å². The van der Waals surface area contributed by atoms with Crippen LogP contribution in [0.3, 0.4) is 0 Å². The highest BCUT2D eigenvalue weighted by Gasteiger charge is 2.39. The first-order valence-electron chi connectivity index (χ1n) is 9.72. The van der Waals surface area contributed by atoms with Crippen molar-refractivity contribution in [1.82, 2.24) is 15.1 Å². The molecule has 2 aromatic rings. The molecule has 0 aromatic heterocycles. The summed E-state index contributed by atoms with van der Waals surface area (Å²) >= 11 is 0. The maximum Gasteiger partial charge on any atom is 0.324 e. The molecular weight excluding hydrogens is 373 g/mol. The van der Waals surface area contributed by atoms with Gasteiger partial charge in [-0.25, -0.2) is 9.18 Å². The minimum atomic E-state index is -0.848. The lowest BCUT2D eigenvalue weighted by Crippen LogP contribution is -2.41. The Labute approximate surface area is 168 Å². The normalized spacial score (nSPS) is 18.6. The maximum atomic E-state index is 13.3. The number of halogens is 1. The van der Waals surface area contributed by atoms with E-state index in [4.69, 9.17) is 0 Å². The van der Waals surface area contributed by atoms with Crippen molar-refractivity contribution >= 4 is 17.8 Å². The molecule has 0 unspecified atom stereocenters. The van der Waals surface area contributed by atoms with Gasteiger partial charge in [0.25, 0.3) is 5.91 Å². The van der Waals surface area contributed by atoms with Crippen LogP contribution in [0.5, 0.6) is 0 Å². The quantitative estimate of drug-likeness (QED) is 0.790. The number of rotatable bonds is 5. The van der Waals surface area contributed by atoms with E-state index in [0.29, 0.717) is 25.1 Å². The summed E-state index contributed by atoms with van der Waals surface area (Å²) in [5, 5.41) is 2.61. The number of nitrogens with zero attached hydrogens (tertiary/aromatic N) is 2. The zero-order chi connectivity index (χ0) is 20.4. The highest BCUT2D eigenvalue weighted by molar-refractivity contribution is 6.05. The monoisotopic (exact) mass is 395 g/mol. The predicted octanol–water partition coefficient (Wildman–Crippen LogP) is 2.26. The van der Waals surface area contributed by atoms with Gasteiger partial charge in [-0.15, -0.1) is 0 Å². The zero-order valence-corrected chi connectivity index (χ0v) is 15.9. The van der Waals surface area contributed by atoms with E-state index in [1.54, 1.807) is 17.0 Å². The van der Waals surface area contributed by atoms with Crippen LogP contribution in [0, 0.1) is 5.82 Å². The van der Waals surface area contributed by atoms with Gasteiger partial charge in [-0.05, 0) is 41.7 Å². The van der Waals surface area contributed by atoms with Gasteiger partial charge in [0.2, 0.25) is 5.91 Å². The van der Waals surface area contributed by atoms with E-state index in [9.17, 15) is 18.8 Å². The van der Waals surface area contributed by atoms with Crippen LogP contribution in [0.2, 0.25) is 0 Å². The van der Waals surface area contributed by atoms with E-state index in [2.05, 4.69) is 11.4 Å². The number of carbonyl (C=O) groups excluding carboxylic acids is 3. The van der Waals surface area contributed by atoms with Crippen LogP contribution in [0.15, 0.2) is 48.5 Å². The summed E-state index contributed by atoms with van der Waals surface area (Å²) in [6.07, 6.45) is 1.09. The van der Waals surface area contributed by atoms with Crippen LogP contribution < -0.4 is 5.32 Å². The summed E-state index contributed by atoms with van der Waals surface area (Å²) in [7, 11) is 0. The molecule has 2 aromatic carbocycles. The average Bonchev–Trinajstić information content (AvgIpc) is 2.98. The molecule has 150 valence electrons. The first-order valence-corrected chi connectivity index (χ1v) is 9.72. The Morgan fingerprint density at radius 2 is 1.90 bits per heavy atom. The van der Waals surface area contributed by atoms with Crippen molar-refractivity contribution < 1.29 is 18.8 Å². The van der Waals surface area contributed by atoms with Crippen molar-refractivity contribution in [1.29, 1.82) is 0 Å². The first-order chi connectivity index (χ1) is 14.0. The van der Waals surface area contributed by atoms with Crippen molar-refractivity contribution in [3.05, 3.63) is 71.0 Å². The van der Waals surface area contributed by atoms with Gasteiger partial charge in [0.05, 0.1) is 6.42 Å². The van der Waals surface area contributed by atoms with Gasteiger partial charge in [-0.1, -0.05) is 36.4 Å². The molecule has 0 spiro atoms. The predicted molar refractivity (Wildman–Crippen MR) is 104 cm³/mol. The Hall–Kier alpha value is -3.22. The van der Waals surface area contributed by atoms with Crippen LogP contribution in [0.4, 0.5) is 9.18 Å². The molecule has 0 saturated carbocycles. The van der Waals surface area contributed by atoms with E-state index in [-0.39, 0.29) is 24.7 Å². The van der Waals surface area contributed by atoms with E-state index >= 15 is 0 Å². The zero-order valence-electron chi connectivity index (χ0n) is 15.9. The van der Waals surface area contributed by atoms with Gasteiger partial charge >= 0.3 is 6.03 Å². The van der Waals surface area contributed by atoms with Crippen LogP contribution in [-0.4, -0.2) is 46.8 Å². The molecule has 1 saturated heterocycles. The lowest BCUT2D eigenvalue weighted by atomic mass is 9.99. The molecule has 4 amide bonds. The van der Waals surface area contributed by atoms with Crippen LogP contribution in [0.1, 0.15) is 23.1 Å². The Bertz CT molecular complexity index is 962. The second-order valence-corrected chi connectivity index (χ2v) is 7.41. The van der Waals surface area contributed by atoms with Crippen LogP contribution in [-0.2, 0) is 29.0 Å². The van der Waals surface area contributed by atoms with Gasteiger partial charge < -0.3 is 10.2 Å². The summed E-state index contributed by atoms with van der Waals surface area (Å²) in [6.45, 7) is 1.27. The van der Waals surface area contributed by atoms with Gasteiger partial charge in [-0.3, -0.25) is 14.5 Å². The highest BCUT2D eigenvalue weighted by Crippen LogP contribution is 2.20. The summed E-state index contributed by atoms with van der Waals surface area (Å²) < 4.78 is 13.3. The van der Waals surface area contributed by atoms with E-state index in [1.807, 2.05) is 18.2 Å². The molecule has 0 radical (unpaired) electrons. The number of hydrogen-bond acceptors (Lipinski definition) is 3. The van der Waals surface area contributed by atoms with Crippen molar-refractivity contribution in [2.75, 3.05) is 13.1 Å². The van der Waals surface area contributed by atoms with E-state index in [1.165, 1.54) is 17.7 Å². The van der Waals surface area contributed by atoms with Crippen LogP contribution >= 0.6 is 0 Å². The minimum Gasteiger partial charge on any atom is -0.338 e. The molecule has 6 nitrogen and oxygen atoms in total. The van der Waals surface area contributed by atoms with Gasteiger partial charge in [-0.2, -0.15) is 0 Å². The molecule has 2 heterocycles. The van der Waals surface area contributed by atoms with Crippen molar-refractivity contribution in [3.8, 4) is 0 Å². The Balaban J connectivity index is 1.34. The average molecular weight is 395 g/mol. The third-order valence-corrected chi connectivity index (χ3v) is 5.48. The van der Waals surface area contributed by atoms with Gasteiger partial charge in [0.15, 0.2) is 0 Å². The number of carbonyl (C=O) groups is 3. The summed E-state index contributed by atoms with van der Waals surface area (Å²) in [5.74, 6) is -0.909. The lowest BCUT2D eigenvalue weighted by Gasteiger charge is -2.29. The van der Waals surface area contributed by atoms with Crippen LogP contribution in [0.25, 0.3) is 0 Å². The Kier molecular flexibility index (Phi) is 5.29. The highest BCUT2D eigenvalue weighted by atomic mass is 19.1. The molecular formula is C22H22FN3O3. The molecule has 0 bridgehead atoms. The third kappa shape index (κ3) is 4.13. The number of hydrogen-bond donors (Lipinski definition) is 1. The van der Waals surface area contributed by atoms with Gasteiger partial charge in [0, 0.05) is 19.6 Å². The number of urea groups is 1. The third-order valence-electron chi connectivity index (χ3n) is 5.48. The van der Waals surface area contributed by atoms with Crippen molar-refractivity contribution in [2.24, 2.45) is 0 Å². The number of benzene rings is 2. The number of amides is 4. The molecule has 0 aliphatic carbocycles. The maximum absolute atomic E-state index is 13.3. The smallest absolute Gasteiger partial charge is 0.324 e. The fourth-order valence-electron chi connectivity index (χ4n) is 3.87. The first kappa shape index (κ1) is 19.1. The number of imide groups is 1. The molecule has 1 atom stereocenters.